The van der Waals surface area contributed by atoms with Crippen LogP contribution in [0.2, 0.25) is 0 Å². The van der Waals surface area contributed by atoms with Crippen molar-refractivity contribution in [2.24, 2.45) is 10.8 Å². The smallest absolute Gasteiger partial charge is 0.164 e. The Labute approximate surface area is 294 Å². The third-order valence-corrected chi connectivity index (χ3v) is 9.89. The van der Waals surface area contributed by atoms with Gasteiger partial charge in [-0.05, 0) is 48.8 Å². The van der Waals surface area contributed by atoms with Crippen LogP contribution < -0.4 is 0 Å². The standard InChI is InChI=1S/C26H21N2O.C15H28O2.Ir/c1-26(2,3)23-13-20(12-17-6-4-5-7-21(17)23)24-14-18(8-10-28-24)22-16-27-15-19-9-11-29-25(19)22;1-7-14(5,8-2)12(16)11-13(17)15(6,9-3)10-4;/h4-11,13-16H,1-3H3;11,16H,7-10H2,1-6H3;/q-1;;/b;12-11-;. The maximum atomic E-state index is 12.2. The molecule has 3 heterocycles. The number of rotatable bonds is 9. The maximum Gasteiger partial charge on any atom is 0.164 e. The number of benzene rings is 2. The molecule has 5 rings (SSSR count). The monoisotopic (exact) mass is 810 g/mol. The number of pyridine rings is 2. The number of aromatic nitrogens is 2. The van der Waals surface area contributed by atoms with E-state index in [9.17, 15) is 9.90 Å². The van der Waals surface area contributed by atoms with Crippen LogP contribution in [0.3, 0.4) is 0 Å². The molecule has 1 N–H and O–H groups in total. The zero-order valence-corrected chi connectivity index (χ0v) is 31.7. The van der Waals surface area contributed by atoms with Gasteiger partial charge in [0.1, 0.15) is 11.3 Å². The Balaban J connectivity index is 0.000000290. The number of furan rings is 1. The van der Waals surface area contributed by atoms with E-state index in [2.05, 4.69) is 73.2 Å². The van der Waals surface area contributed by atoms with Gasteiger partial charge in [-0.3, -0.25) is 14.8 Å². The summed E-state index contributed by atoms with van der Waals surface area (Å²) in [6.07, 6.45) is 12.0. The quantitative estimate of drug-likeness (QED) is 0.0912. The molecule has 5 nitrogen and oxygen atoms in total. The average Bonchev–Trinajstić information content (AvgIpc) is 3.56. The molecule has 47 heavy (non-hydrogen) atoms. The van der Waals surface area contributed by atoms with E-state index >= 15 is 0 Å². The Morgan fingerprint density at radius 1 is 0.894 bits per heavy atom. The minimum Gasteiger partial charge on any atom is -0.512 e. The van der Waals surface area contributed by atoms with Crippen LogP contribution in [-0.2, 0) is 30.3 Å². The number of nitrogens with zero attached hydrogens (tertiary/aromatic N) is 2. The number of aliphatic hydroxyl groups is 1. The summed E-state index contributed by atoms with van der Waals surface area (Å²) in [5.74, 6) is 0.286. The summed E-state index contributed by atoms with van der Waals surface area (Å²) in [6, 6.07) is 20.2. The summed E-state index contributed by atoms with van der Waals surface area (Å²) in [5, 5.41) is 13.5. The third-order valence-electron chi connectivity index (χ3n) is 9.89. The van der Waals surface area contributed by atoms with Gasteiger partial charge < -0.3 is 9.52 Å². The normalized spacial score (nSPS) is 12.4. The summed E-state index contributed by atoms with van der Waals surface area (Å²) in [4.78, 5) is 21.2. The first-order valence-corrected chi connectivity index (χ1v) is 16.5. The molecule has 0 bridgehead atoms. The number of carbonyl (C=O) groups is 1. The Kier molecular flexibility index (Phi) is 12.5. The van der Waals surface area contributed by atoms with E-state index in [0.717, 1.165) is 64.4 Å². The number of allylic oxidation sites excluding steroid dienone is 2. The molecule has 0 unspecified atom stereocenters. The Bertz CT molecular complexity index is 1840. The molecule has 0 saturated heterocycles. The van der Waals surface area contributed by atoms with Crippen LogP contribution in [0, 0.1) is 16.9 Å². The molecule has 0 atom stereocenters. The number of hydrogen-bond acceptors (Lipinski definition) is 5. The largest absolute Gasteiger partial charge is 0.512 e. The van der Waals surface area contributed by atoms with Gasteiger partial charge >= 0.3 is 0 Å². The van der Waals surface area contributed by atoms with Crippen molar-refractivity contribution in [3.05, 3.63) is 96.8 Å². The zero-order chi connectivity index (χ0) is 33.7. The van der Waals surface area contributed by atoms with Crippen molar-refractivity contribution in [2.45, 2.75) is 93.4 Å². The molecule has 0 saturated carbocycles. The van der Waals surface area contributed by atoms with E-state index < -0.39 is 0 Å². The topological polar surface area (TPSA) is 76.2 Å². The van der Waals surface area contributed by atoms with Crippen molar-refractivity contribution < 1.29 is 34.4 Å². The van der Waals surface area contributed by atoms with Gasteiger partial charge in [0.25, 0.3) is 0 Å². The van der Waals surface area contributed by atoms with Gasteiger partial charge in [0, 0.05) is 72.2 Å². The van der Waals surface area contributed by atoms with Crippen molar-refractivity contribution >= 4 is 27.5 Å². The molecule has 1 radical (unpaired) electrons. The summed E-state index contributed by atoms with van der Waals surface area (Å²) >= 11 is 0. The molecular weight excluding hydrogens is 761 g/mol. The Morgan fingerprint density at radius 3 is 2.19 bits per heavy atom. The van der Waals surface area contributed by atoms with E-state index in [-0.39, 0.29) is 47.9 Å². The first-order chi connectivity index (χ1) is 21.8. The van der Waals surface area contributed by atoms with Crippen LogP contribution in [0.5, 0.6) is 0 Å². The molecule has 0 aliphatic heterocycles. The van der Waals surface area contributed by atoms with Crippen molar-refractivity contribution in [2.75, 3.05) is 0 Å². The summed E-state index contributed by atoms with van der Waals surface area (Å²) in [7, 11) is 0. The second-order valence-corrected chi connectivity index (χ2v) is 13.8. The van der Waals surface area contributed by atoms with Crippen LogP contribution in [0.25, 0.3) is 44.1 Å². The summed E-state index contributed by atoms with van der Waals surface area (Å²) in [5.41, 5.74) is 5.44. The molecule has 0 aliphatic rings. The zero-order valence-electron chi connectivity index (χ0n) is 29.3. The van der Waals surface area contributed by atoms with E-state index in [0.29, 0.717) is 0 Å². The van der Waals surface area contributed by atoms with E-state index in [1.807, 2.05) is 72.3 Å². The molecule has 3 aromatic heterocycles. The molecule has 0 amide bonds. The maximum absolute atomic E-state index is 12.2. The average molecular weight is 810 g/mol. The molecule has 0 fully saturated rings. The molecule has 6 heteroatoms. The van der Waals surface area contributed by atoms with Crippen molar-refractivity contribution in [1.82, 2.24) is 9.97 Å². The van der Waals surface area contributed by atoms with Gasteiger partial charge in [-0.2, -0.15) is 0 Å². The Morgan fingerprint density at radius 2 is 1.55 bits per heavy atom. The van der Waals surface area contributed by atoms with Gasteiger partial charge in [0.15, 0.2) is 5.78 Å². The molecule has 251 valence electrons. The second kappa shape index (κ2) is 15.5. The molecular formula is C41H49IrN2O3-. The summed E-state index contributed by atoms with van der Waals surface area (Å²) in [6.45, 7) is 18.8. The minimum atomic E-state index is -0.337. The number of aliphatic hydroxyl groups excluding tert-OH is 1. The van der Waals surface area contributed by atoms with Gasteiger partial charge in [-0.25, -0.2) is 0 Å². The minimum absolute atomic E-state index is 0. The molecule has 2 aromatic carbocycles. The van der Waals surface area contributed by atoms with Gasteiger partial charge in [-0.1, -0.05) is 97.5 Å². The molecule has 0 spiro atoms. The SMILES string of the molecule is CC(C)(C)c1cc(-c2cc(-c3cncc4ccoc34)ccn2)[c-]c2ccccc12.CCC(C)(CC)C(=O)/C=C(\O)C(C)(CC)CC.[Ir]. The predicted molar refractivity (Wildman–Crippen MR) is 191 cm³/mol. The number of hydrogen-bond donors (Lipinski definition) is 1. The fraction of sp³-hybridized carbons (Fsp3) is 0.390. The van der Waals surface area contributed by atoms with Crippen LogP contribution in [-0.4, -0.2) is 20.9 Å². The van der Waals surface area contributed by atoms with Crippen LogP contribution in [0.4, 0.5) is 0 Å². The van der Waals surface area contributed by atoms with Crippen molar-refractivity contribution in [1.29, 1.82) is 0 Å². The first kappa shape index (κ1) is 37.9. The fourth-order valence-corrected chi connectivity index (χ4v) is 5.51. The van der Waals surface area contributed by atoms with E-state index in [4.69, 9.17) is 4.42 Å². The van der Waals surface area contributed by atoms with Gasteiger partial charge in [0.05, 0.1) is 6.26 Å². The number of ketones is 1. The predicted octanol–water partition coefficient (Wildman–Crippen LogP) is 11.5. The Hall–Kier alpha value is -3.60. The van der Waals surface area contributed by atoms with Gasteiger partial charge in [0.2, 0.25) is 0 Å². The van der Waals surface area contributed by atoms with Gasteiger partial charge in [-0.15, -0.1) is 29.1 Å². The van der Waals surface area contributed by atoms with Crippen LogP contribution >= 0.6 is 0 Å². The van der Waals surface area contributed by atoms with E-state index in [1.54, 1.807) is 6.26 Å². The van der Waals surface area contributed by atoms with Crippen LogP contribution in [0.1, 0.15) is 93.6 Å². The number of carbonyl (C=O) groups excluding carboxylic acids is 1. The van der Waals surface area contributed by atoms with E-state index in [1.165, 1.54) is 17.0 Å². The number of fused-ring (bicyclic) bond motifs is 2. The van der Waals surface area contributed by atoms with Crippen molar-refractivity contribution in [3.8, 4) is 22.4 Å². The van der Waals surface area contributed by atoms with Crippen LogP contribution in [0.15, 0.2) is 89.6 Å². The van der Waals surface area contributed by atoms with Crippen molar-refractivity contribution in [3.63, 3.8) is 0 Å². The molecule has 0 aliphatic carbocycles. The fourth-order valence-electron chi connectivity index (χ4n) is 5.51. The molecule has 5 aromatic rings. The first-order valence-electron chi connectivity index (χ1n) is 16.5. The second-order valence-electron chi connectivity index (χ2n) is 13.8. The third kappa shape index (κ3) is 8.28. The summed E-state index contributed by atoms with van der Waals surface area (Å²) < 4.78 is 5.70.